The van der Waals surface area contributed by atoms with Gasteiger partial charge in [0.05, 0.1) is 24.8 Å². The van der Waals surface area contributed by atoms with Gasteiger partial charge < -0.3 is 4.74 Å². The Balaban J connectivity index is 1.64. The maximum atomic E-state index is 8.79. The predicted molar refractivity (Wildman–Crippen MR) is 86.5 cm³/mol. The Morgan fingerprint density at radius 3 is 2.65 bits per heavy atom. The van der Waals surface area contributed by atoms with E-state index in [9.17, 15) is 0 Å². The van der Waals surface area contributed by atoms with Gasteiger partial charge in [-0.3, -0.25) is 4.90 Å². The van der Waals surface area contributed by atoms with Crippen molar-refractivity contribution in [2.24, 2.45) is 0 Å². The van der Waals surface area contributed by atoms with Crippen LogP contribution in [0.4, 0.5) is 0 Å². The Morgan fingerprint density at radius 1 is 1.26 bits per heavy atom. The van der Waals surface area contributed by atoms with E-state index in [1.807, 2.05) is 6.07 Å². The Labute approximate surface area is 136 Å². The van der Waals surface area contributed by atoms with Crippen LogP contribution >= 0.6 is 0 Å². The Hall–Kier alpha value is -2.29. The second-order valence-corrected chi connectivity index (χ2v) is 5.69. The Kier molecular flexibility index (Phi) is 4.96. The molecule has 2 heterocycles. The van der Waals surface area contributed by atoms with Gasteiger partial charge in [0.15, 0.2) is 0 Å². The van der Waals surface area contributed by atoms with Gasteiger partial charge in [0, 0.05) is 25.5 Å². The summed E-state index contributed by atoms with van der Waals surface area (Å²) in [5.74, 6) is 0.742. The smallest absolute Gasteiger partial charge is 0.142 e. The van der Waals surface area contributed by atoms with Crippen molar-refractivity contribution in [1.29, 1.82) is 5.26 Å². The number of nitrogens with zero attached hydrogens (tertiary/aromatic N) is 4. The first-order chi connectivity index (χ1) is 11.3. The van der Waals surface area contributed by atoms with E-state index >= 15 is 0 Å². The highest BCUT2D eigenvalue weighted by Gasteiger charge is 2.22. The van der Waals surface area contributed by atoms with Crippen LogP contribution in [0.3, 0.4) is 0 Å². The molecule has 0 bridgehead atoms. The standard InChI is InChI=1S/C18H20N4O/c1-2-14-3-5-16(6-4-14)17-12-22(7-8-23-17)13-18-20-10-15(9-19)11-21-18/h3-6,10-11,17H,2,7-8,12-13H2,1H3. The summed E-state index contributed by atoms with van der Waals surface area (Å²) in [5.41, 5.74) is 3.05. The Morgan fingerprint density at radius 2 is 2.00 bits per heavy atom. The minimum Gasteiger partial charge on any atom is -0.371 e. The zero-order valence-electron chi connectivity index (χ0n) is 13.3. The van der Waals surface area contributed by atoms with Gasteiger partial charge in [-0.25, -0.2) is 9.97 Å². The van der Waals surface area contributed by atoms with Crippen molar-refractivity contribution in [2.75, 3.05) is 19.7 Å². The van der Waals surface area contributed by atoms with Gasteiger partial charge in [-0.15, -0.1) is 0 Å². The number of hydrogen-bond acceptors (Lipinski definition) is 5. The number of morpholine rings is 1. The normalized spacial score (nSPS) is 18.5. The van der Waals surface area contributed by atoms with Crippen LogP contribution < -0.4 is 0 Å². The molecule has 0 saturated carbocycles. The number of rotatable bonds is 4. The summed E-state index contributed by atoms with van der Waals surface area (Å²) in [5, 5.41) is 8.79. The molecule has 3 rings (SSSR count). The highest BCUT2D eigenvalue weighted by atomic mass is 16.5. The van der Waals surface area contributed by atoms with Crippen molar-refractivity contribution in [2.45, 2.75) is 26.0 Å². The van der Waals surface area contributed by atoms with E-state index < -0.39 is 0 Å². The van der Waals surface area contributed by atoms with Crippen molar-refractivity contribution in [3.8, 4) is 6.07 Å². The molecular weight excluding hydrogens is 288 g/mol. The maximum absolute atomic E-state index is 8.79. The largest absolute Gasteiger partial charge is 0.371 e. The first-order valence-electron chi connectivity index (χ1n) is 7.92. The van der Waals surface area contributed by atoms with Gasteiger partial charge in [-0.1, -0.05) is 31.2 Å². The third-order valence-corrected chi connectivity index (χ3v) is 4.11. The molecule has 0 amide bonds. The summed E-state index contributed by atoms with van der Waals surface area (Å²) in [4.78, 5) is 10.8. The van der Waals surface area contributed by atoms with Crippen LogP contribution in [0.1, 0.15) is 35.5 Å². The van der Waals surface area contributed by atoms with Crippen LogP contribution in [-0.2, 0) is 17.7 Å². The molecular formula is C18H20N4O. The molecule has 1 aromatic carbocycles. The summed E-state index contributed by atoms with van der Waals surface area (Å²) >= 11 is 0. The lowest BCUT2D eigenvalue weighted by Gasteiger charge is -2.32. The third-order valence-electron chi connectivity index (χ3n) is 4.11. The average Bonchev–Trinajstić information content (AvgIpc) is 2.63. The number of ether oxygens (including phenoxy) is 1. The molecule has 118 valence electrons. The first-order valence-corrected chi connectivity index (χ1v) is 7.92. The number of benzene rings is 1. The van der Waals surface area contributed by atoms with E-state index in [-0.39, 0.29) is 6.10 Å². The van der Waals surface area contributed by atoms with E-state index in [0.29, 0.717) is 18.7 Å². The second kappa shape index (κ2) is 7.32. The van der Waals surface area contributed by atoms with E-state index in [4.69, 9.17) is 10.00 Å². The number of nitriles is 1. The first kappa shape index (κ1) is 15.6. The summed E-state index contributed by atoms with van der Waals surface area (Å²) in [6.45, 7) is 5.24. The lowest BCUT2D eigenvalue weighted by atomic mass is 10.0. The van der Waals surface area contributed by atoms with Crippen molar-refractivity contribution in [3.63, 3.8) is 0 Å². The van der Waals surface area contributed by atoms with Crippen LogP contribution in [0, 0.1) is 11.3 Å². The van der Waals surface area contributed by atoms with Crippen molar-refractivity contribution in [1.82, 2.24) is 14.9 Å². The number of aryl methyl sites for hydroxylation is 1. The van der Waals surface area contributed by atoms with Crippen molar-refractivity contribution >= 4 is 0 Å². The van der Waals surface area contributed by atoms with Crippen LogP contribution in [0.2, 0.25) is 0 Å². The SMILES string of the molecule is CCc1ccc(C2CN(Cc3ncc(C#N)cn3)CCO2)cc1. The van der Waals surface area contributed by atoms with Crippen LogP contribution in [0.15, 0.2) is 36.7 Å². The fraction of sp³-hybridized carbons (Fsp3) is 0.389. The molecule has 5 nitrogen and oxygen atoms in total. The fourth-order valence-corrected chi connectivity index (χ4v) is 2.71. The maximum Gasteiger partial charge on any atom is 0.142 e. The minimum absolute atomic E-state index is 0.0908. The van der Waals surface area contributed by atoms with Crippen LogP contribution in [-0.4, -0.2) is 34.6 Å². The summed E-state index contributed by atoms with van der Waals surface area (Å²) in [7, 11) is 0. The van der Waals surface area contributed by atoms with Gasteiger partial charge in [-0.2, -0.15) is 5.26 Å². The molecule has 2 aromatic rings. The van der Waals surface area contributed by atoms with E-state index in [0.717, 1.165) is 25.3 Å². The van der Waals surface area contributed by atoms with Gasteiger partial charge >= 0.3 is 0 Å². The molecule has 0 N–H and O–H groups in total. The summed E-state index contributed by atoms with van der Waals surface area (Å²) < 4.78 is 5.92. The molecule has 5 heteroatoms. The molecule has 1 atom stereocenters. The quantitative estimate of drug-likeness (QED) is 0.868. The van der Waals surface area contributed by atoms with E-state index in [2.05, 4.69) is 46.1 Å². The average molecular weight is 308 g/mol. The minimum atomic E-state index is 0.0908. The van der Waals surface area contributed by atoms with Gasteiger partial charge in [-0.05, 0) is 17.5 Å². The molecule has 0 spiro atoms. The predicted octanol–water partition coefficient (Wildman–Crippen LogP) is 2.48. The fourth-order valence-electron chi connectivity index (χ4n) is 2.71. The molecule has 23 heavy (non-hydrogen) atoms. The Bertz CT molecular complexity index is 676. The molecule has 1 unspecified atom stereocenters. The summed E-state index contributed by atoms with van der Waals surface area (Å²) in [6.07, 6.45) is 4.29. The molecule has 1 aliphatic rings. The van der Waals surface area contributed by atoms with Gasteiger partial charge in [0.2, 0.25) is 0 Å². The summed E-state index contributed by atoms with van der Waals surface area (Å²) in [6, 6.07) is 10.7. The molecule has 1 saturated heterocycles. The molecule has 1 aliphatic heterocycles. The zero-order chi connectivity index (χ0) is 16.1. The third kappa shape index (κ3) is 3.92. The van der Waals surface area contributed by atoms with Crippen LogP contribution in [0.5, 0.6) is 0 Å². The van der Waals surface area contributed by atoms with E-state index in [1.165, 1.54) is 11.1 Å². The highest BCUT2D eigenvalue weighted by molar-refractivity contribution is 5.25. The van der Waals surface area contributed by atoms with Crippen molar-refractivity contribution < 1.29 is 4.74 Å². The van der Waals surface area contributed by atoms with E-state index in [1.54, 1.807) is 12.4 Å². The topological polar surface area (TPSA) is 62.0 Å². The highest BCUT2D eigenvalue weighted by Crippen LogP contribution is 2.23. The molecule has 1 aromatic heterocycles. The van der Waals surface area contributed by atoms with Gasteiger partial charge in [0.25, 0.3) is 0 Å². The zero-order valence-corrected chi connectivity index (χ0v) is 13.3. The molecule has 1 fully saturated rings. The van der Waals surface area contributed by atoms with Gasteiger partial charge in [0.1, 0.15) is 11.9 Å². The molecule has 0 radical (unpaired) electrons. The lowest BCUT2D eigenvalue weighted by Crippen LogP contribution is -2.38. The van der Waals surface area contributed by atoms with Crippen molar-refractivity contribution in [3.05, 3.63) is 59.2 Å². The lowest BCUT2D eigenvalue weighted by molar-refractivity contribution is -0.0336. The number of aromatic nitrogens is 2. The number of hydrogen-bond donors (Lipinski definition) is 0. The monoisotopic (exact) mass is 308 g/mol. The molecule has 0 aliphatic carbocycles. The second-order valence-electron chi connectivity index (χ2n) is 5.69. The van der Waals surface area contributed by atoms with Crippen LogP contribution in [0.25, 0.3) is 0 Å².